The van der Waals surface area contributed by atoms with Crippen LogP contribution in [0.1, 0.15) is 19.7 Å². The van der Waals surface area contributed by atoms with Crippen molar-refractivity contribution >= 4 is 11.8 Å². The Morgan fingerprint density at radius 3 is 2.77 bits per heavy atom. The predicted molar refractivity (Wildman–Crippen MR) is 55.4 cm³/mol. The second kappa shape index (κ2) is 4.11. The van der Waals surface area contributed by atoms with E-state index < -0.39 is 0 Å². The summed E-state index contributed by atoms with van der Waals surface area (Å²) in [6.45, 7) is 4.05. The van der Waals surface area contributed by atoms with Crippen LogP contribution in [0.25, 0.3) is 0 Å². The second-order valence-corrected chi connectivity index (χ2v) is 4.83. The third kappa shape index (κ3) is 3.78. The molecule has 1 rings (SSSR count). The van der Waals surface area contributed by atoms with Crippen molar-refractivity contribution in [3.8, 4) is 0 Å². The lowest BCUT2D eigenvalue weighted by molar-refractivity contribution is 0.591. The molecule has 4 nitrogen and oxygen atoms in total. The van der Waals surface area contributed by atoms with Crippen molar-refractivity contribution in [2.75, 3.05) is 5.75 Å². The summed E-state index contributed by atoms with van der Waals surface area (Å²) < 4.78 is 1.93. The van der Waals surface area contributed by atoms with Gasteiger partial charge in [0, 0.05) is 18.3 Å². The molecule has 0 bridgehead atoms. The van der Waals surface area contributed by atoms with Crippen LogP contribution in [-0.4, -0.2) is 26.1 Å². The molecule has 0 atom stereocenters. The van der Waals surface area contributed by atoms with E-state index in [9.17, 15) is 0 Å². The molecular formula is C8H16N4S. The average Bonchev–Trinajstić information content (AvgIpc) is 2.34. The minimum atomic E-state index is -0.108. The van der Waals surface area contributed by atoms with Crippen LogP contribution in [0.4, 0.5) is 0 Å². The van der Waals surface area contributed by atoms with Gasteiger partial charge in [0.1, 0.15) is 12.2 Å². The molecule has 0 aromatic carbocycles. The van der Waals surface area contributed by atoms with Crippen molar-refractivity contribution in [3.05, 3.63) is 12.2 Å². The van der Waals surface area contributed by atoms with E-state index in [4.69, 9.17) is 5.73 Å². The Bertz CT molecular complexity index is 263. The normalized spacial score (nSPS) is 12.0. The third-order valence-electron chi connectivity index (χ3n) is 1.51. The fraction of sp³-hybridized carbons (Fsp3) is 0.750. The van der Waals surface area contributed by atoms with Gasteiger partial charge in [-0.1, -0.05) is 0 Å². The molecule has 2 N–H and O–H groups in total. The maximum atomic E-state index is 5.85. The molecular weight excluding hydrogens is 184 g/mol. The van der Waals surface area contributed by atoms with Crippen LogP contribution in [-0.2, 0) is 12.8 Å². The van der Waals surface area contributed by atoms with E-state index in [0.29, 0.717) is 0 Å². The summed E-state index contributed by atoms with van der Waals surface area (Å²) in [6, 6.07) is 0. The second-order valence-electron chi connectivity index (χ2n) is 3.84. The lowest BCUT2D eigenvalue weighted by Gasteiger charge is -2.16. The molecule has 0 aliphatic carbocycles. The van der Waals surface area contributed by atoms with Gasteiger partial charge in [0.05, 0.1) is 5.75 Å². The van der Waals surface area contributed by atoms with E-state index in [1.807, 2.05) is 25.5 Å². The molecule has 13 heavy (non-hydrogen) atoms. The highest BCUT2D eigenvalue weighted by Crippen LogP contribution is 2.14. The first-order valence-electron chi connectivity index (χ1n) is 4.18. The Hall–Kier alpha value is -0.550. The van der Waals surface area contributed by atoms with Crippen LogP contribution < -0.4 is 5.73 Å². The number of hydrogen-bond acceptors (Lipinski definition) is 4. The van der Waals surface area contributed by atoms with Crippen LogP contribution in [0.2, 0.25) is 0 Å². The van der Waals surface area contributed by atoms with Crippen molar-refractivity contribution < 1.29 is 0 Å². The van der Waals surface area contributed by atoms with Gasteiger partial charge in [-0.2, -0.15) is 11.8 Å². The van der Waals surface area contributed by atoms with Gasteiger partial charge in [-0.3, -0.25) is 0 Å². The number of aryl methyl sites for hydroxylation is 1. The van der Waals surface area contributed by atoms with Gasteiger partial charge in [-0.05, 0) is 13.8 Å². The third-order valence-corrected chi connectivity index (χ3v) is 2.92. The Balaban J connectivity index is 2.32. The van der Waals surface area contributed by atoms with Crippen molar-refractivity contribution in [2.24, 2.45) is 12.8 Å². The van der Waals surface area contributed by atoms with Gasteiger partial charge in [-0.15, -0.1) is 10.2 Å². The minimum Gasteiger partial charge on any atom is -0.325 e. The maximum absolute atomic E-state index is 5.85. The fourth-order valence-corrected chi connectivity index (χ4v) is 1.92. The van der Waals surface area contributed by atoms with Gasteiger partial charge in [0.2, 0.25) is 0 Å². The Morgan fingerprint density at radius 1 is 1.62 bits per heavy atom. The number of nitrogens with two attached hydrogens (primary N) is 1. The van der Waals surface area contributed by atoms with Crippen molar-refractivity contribution in [1.82, 2.24) is 14.8 Å². The molecule has 1 heterocycles. The van der Waals surface area contributed by atoms with Crippen LogP contribution in [0, 0.1) is 0 Å². The van der Waals surface area contributed by atoms with E-state index in [1.54, 1.807) is 18.1 Å². The fourth-order valence-electron chi connectivity index (χ4n) is 0.843. The molecule has 1 aromatic rings. The summed E-state index contributed by atoms with van der Waals surface area (Å²) in [5.74, 6) is 2.80. The Morgan fingerprint density at radius 2 is 2.31 bits per heavy atom. The van der Waals surface area contributed by atoms with Crippen LogP contribution in [0.5, 0.6) is 0 Å². The zero-order chi connectivity index (χ0) is 9.90. The molecule has 0 unspecified atom stereocenters. The van der Waals surface area contributed by atoms with Gasteiger partial charge in [0.25, 0.3) is 0 Å². The maximum Gasteiger partial charge on any atom is 0.142 e. The highest BCUT2D eigenvalue weighted by molar-refractivity contribution is 7.98. The molecule has 5 heteroatoms. The van der Waals surface area contributed by atoms with Gasteiger partial charge >= 0.3 is 0 Å². The zero-order valence-electron chi connectivity index (χ0n) is 8.32. The Labute approximate surface area is 82.9 Å². The SMILES string of the molecule is Cn1cnnc1CSCC(C)(C)N. The topological polar surface area (TPSA) is 56.7 Å². The lowest BCUT2D eigenvalue weighted by atomic mass is 10.1. The molecule has 0 amide bonds. The average molecular weight is 200 g/mol. The van der Waals surface area contributed by atoms with Crippen LogP contribution in [0.15, 0.2) is 6.33 Å². The highest BCUT2D eigenvalue weighted by atomic mass is 32.2. The highest BCUT2D eigenvalue weighted by Gasteiger charge is 2.11. The van der Waals surface area contributed by atoms with Gasteiger partial charge < -0.3 is 10.3 Å². The van der Waals surface area contributed by atoms with Crippen molar-refractivity contribution in [3.63, 3.8) is 0 Å². The predicted octanol–water partition coefficient (Wildman–Crippen LogP) is 0.786. The summed E-state index contributed by atoms with van der Waals surface area (Å²) in [5, 5.41) is 7.79. The van der Waals surface area contributed by atoms with Crippen LogP contribution in [0.3, 0.4) is 0 Å². The molecule has 0 aliphatic heterocycles. The summed E-state index contributed by atoms with van der Waals surface area (Å²) in [5.41, 5.74) is 5.74. The first kappa shape index (κ1) is 10.5. The largest absolute Gasteiger partial charge is 0.325 e. The monoisotopic (exact) mass is 200 g/mol. The first-order valence-corrected chi connectivity index (χ1v) is 5.34. The van der Waals surface area contributed by atoms with E-state index in [0.717, 1.165) is 17.3 Å². The van der Waals surface area contributed by atoms with Gasteiger partial charge in [0.15, 0.2) is 0 Å². The Kier molecular flexibility index (Phi) is 3.33. The summed E-state index contributed by atoms with van der Waals surface area (Å²) >= 11 is 1.78. The molecule has 0 saturated heterocycles. The molecule has 0 saturated carbocycles. The molecule has 0 radical (unpaired) electrons. The summed E-state index contributed by atoms with van der Waals surface area (Å²) in [7, 11) is 1.95. The van der Waals surface area contributed by atoms with E-state index in [2.05, 4.69) is 10.2 Å². The molecule has 0 spiro atoms. The van der Waals surface area contributed by atoms with Crippen molar-refractivity contribution in [1.29, 1.82) is 0 Å². The van der Waals surface area contributed by atoms with Crippen LogP contribution >= 0.6 is 11.8 Å². The number of thioether (sulfide) groups is 1. The number of hydrogen-bond donors (Lipinski definition) is 1. The molecule has 0 fully saturated rings. The number of rotatable bonds is 4. The zero-order valence-corrected chi connectivity index (χ0v) is 9.14. The molecule has 74 valence electrons. The van der Waals surface area contributed by atoms with E-state index in [-0.39, 0.29) is 5.54 Å². The quantitative estimate of drug-likeness (QED) is 0.780. The lowest BCUT2D eigenvalue weighted by Crippen LogP contribution is -2.34. The standard InChI is InChI=1S/C8H16N4S/c1-8(2,9)5-13-4-7-11-10-6-12(7)3/h6H,4-5,9H2,1-3H3. The summed E-state index contributed by atoms with van der Waals surface area (Å²) in [4.78, 5) is 0. The van der Waals surface area contributed by atoms with E-state index >= 15 is 0 Å². The summed E-state index contributed by atoms with van der Waals surface area (Å²) in [6.07, 6.45) is 1.71. The smallest absolute Gasteiger partial charge is 0.142 e. The first-order chi connectivity index (χ1) is 5.99. The van der Waals surface area contributed by atoms with Crippen molar-refractivity contribution in [2.45, 2.75) is 25.1 Å². The minimum absolute atomic E-state index is 0.108. The molecule has 1 aromatic heterocycles. The van der Waals surface area contributed by atoms with E-state index in [1.165, 1.54) is 0 Å². The molecule has 0 aliphatic rings. The van der Waals surface area contributed by atoms with Gasteiger partial charge in [-0.25, -0.2) is 0 Å². The number of nitrogens with zero attached hydrogens (tertiary/aromatic N) is 3. The number of aromatic nitrogens is 3.